The first-order chi connectivity index (χ1) is 17.7. The number of hydrogen-bond donors (Lipinski definition) is 1. The van der Waals surface area contributed by atoms with E-state index in [1.807, 2.05) is 13.8 Å². The van der Waals surface area contributed by atoms with Crippen molar-refractivity contribution in [1.82, 2.24) is 4.90 Å². The number of hydrogen-bond acceptors (Lipinski definition) is 6. The summed E-state index contributed by atoms with van der Waals surface area (Å²) in [5.74, 6) is -1.50. The van der Waals surface area contributed by atoms with Crippen molar-refractivity contribution in [3.05, 3.63) is 94.8 Å². The summed E-state index contributed by atoms with van der Waals surface area (Å²) in [5.41, 5.74) is 1.06. The Morgan fingerprint density at radius 2 is 1.65 bits per heavy atom. The molecule has 0 saturated carbocycles. The van der Waals surface area contributed by atoms with Crippen molar-refractivity contribution >= 4 is 17.4 Å². The fourth-order valence-electron chi connectivity index (χ4n) is 4.42. The van der Waals surface area contributed by atoms with Crippen LogP contribution in [0.5, 0.6) is 17.2 Å². The molecule has 192 valence electrons. The first-order valence-corrected chi connectivity index (χ1v) is 11.8. The molecular weight excluding hydrogens is 477 g/mol. The molecule has 1 aliphatic rings. The van der Waals surface area contributed by atoms with Crippen molar-refractivity contribution in [1.29, 1.82) is 0 Å². The van der Waals surface area contributed by atoms with Gasteiger partial charge in [-0.15, -0.1) is 0 Å². The normalized spacial score (nSPS) is 16.8. The third kappa shape index (κ3) is 5.14. The highest BCUT2D eigenvalue weighted by Crippen LogP contribution is 2.42. The standard InChI is InChI=1S/C29H28FNO6/c1-17(2)37-21-12-9-18(10-13-21)26-25(27(32)22-15-20(30)11-14-24(22)36-4)28(33)29(34)31(26)16-19-7-5-6-8-23(19)35-3/h5-15,17,26,32H,16H2,1-4H3/b27-25+. The molecule has 3 aromatic rings. The Balaban J connectivity index is 1.88. The lowest BCUT2D eigenvalue weighted by atomic mass is 9.94. The first-order valence-electron chi connectivity index (χ1n) is 11.8. The average Bonchev–Trinajstić information content (AvgIpc) is 3.13. The molecule has 0 bridgehead atoms. The van der Waals surface area contributed by atoms with Crippen molar-refractivity contribution < 1.29 is 33.3 Å². The third-order valence-corrected chi connectivity index (χ3v) is 6.06. The summed E-state index contributed by atoms with van der Waals surface area (Å²) in [7, 11) is 2.89. The first kappa shape index (κ1) is 25.8. The van der Waals surface area contributed by atoms with E-state index in [1.165, 1.54) is 31.3 Å². The molecule has 1 aliphatic heterocycles. The molecule has 1 unspecified atom stereocenters. The van der Waals surface area contributed by atoms with Crippen LogP contribution in [-0.2, 0) is 16.1 Å². The van der Waals surface area contributed by atoms with E-state index in [0.717, 1.165) is 6.07 Å². The van der Waals surface area contributed by atoms with Crippen molar-refractivity contribution in [2.45, 2.75) is 32.5 Å². The van der Waals surface area contributed by atoms with Crippen LogP contribution in [0.3, 0.4) is 0 Å². The molecule has 7 nitrogen and oxygen atoms in total. The lowest BCUT2D eigenvalue weighted by Gasteiger charge is -2.26. The quantitative estimate of drug-likeness (QED) is 0.256. The molecule has 1 N–H and O–H groups in total. The largest absolute Gasteiger partial charge is 0.507 e. The van der Waals surface area contributed by atoms with E-state index in [-0.39, 0.29) is 29.5 Å². The maximum absolute atomic E-state index is 14.1. The SMILES string of the molecule is COc1ccccc1CN1C(=O)C(=O)/C(=C(/O)c2cc(F)ccc2OC)C1c1ccc(OC(C)C)cc1. The Morgan fingerprint density at radius 3 is 2.30 bits per heavy atom. The van der Waals surface area contributed by atoms with Gasteiger partial charge in [-0.05, 0) is 55.8 Å². The predicted molar refractivity (Wildman–Crippen MR) is 136 cm³/mol. The highest BCUT2D eigenvalue weighted by molar-refractivity contribution is 6.46. The van der Waals surface area contributed by atoms with Gasteiger partial charge >= 0.3 is 0 Å². The van der Waals surface area contributed by atoms with Crippen LogP contribution in [0.1, 0.15) is 36.6 Å². The van der Waals surface area contributed by atoms with E-state index in [2.05, 4.69) is 0 Å². The number of aliphatic hydroxyl groups excluding tert-OH is 1. The Labute approximate surface area is 214 Å². The number of rotatable bonds is 8. The van der Waals surface area contributed by atoms with Crippen LogP contribution in [0.2, 0.25) is 0 Å². The van der Waals surface area contributed by atoms with Crippen molar-refractivity contribution in [3.8, 4) is 17.2 Å². The van der Waals surface area contributed by atoms with Gasteiger partial charge in [0.25, 0.3) is 11.7 Å². The second kappa shape index (κ2) is 10.7. The molecule has 1 saturated heterocycles. The molecule has 1 atom stereocenters. The number of para-hydroxylation sites is 1. The summed E-state index contributed by atoms with van der Waals surface area (Å²) in [6, 6.07) is 16.8. The molecule has 0 radical (unpaired) electrons. The van der Waals surface area contributed by atoms with Gasteiger partial charge in [0.05, 0.1) is 44.0 Å². The minimum atomic E-state index is -0.953. The number of halogens is 1. The van der Waals surface area contributed by atoms with E-state index >= 15 is 0 Å². The average molecular weight is 506 g/mol. The molecule has 0 spiro atoms. The summed E-state index contributed by atoms with van der Waals surface area (Å²) >= 11 is 0. The number of amides is 1. The lowest BCUT2D eigenvalue weighted by molar-refractivity contribution is -0.140. The van der Waals surface area contributed by atoms with E-state index in [1.54, 1.807) is 48.5 Å². The Hall–Kier alpha value is -4.33. The molecule has 1 amide bonds. The fraction of sp³-hybridized carbons (Fsp3) is 0.241. The lowest BCUT2D eigenvalue weighted by Crippen LogP contribution is -2.29. The summed E-state index contributed by atoms with van der Waals surface area (Å²) in [4.78, 5) is 28.1. The monoisotopic (exact) mass is 505 g/mol. The summed E-state index contributed by atoms with van der Waals surface area (Å²) in [5, 5.41) is 11.3. The second-order valence-electron chi connectivity index (χ2n) is 8.82. The smallest absolute Gasteiger partial charge is 0.295 e. The van der Waals surface area contributed by atoms with Crippen molar-refractivity contribution in [3.63, 3.8) is 0 Å². The molecule has 0 aromatic heterocycles. The number of ketones is 1. The zero-order valence-electron chi connectivity index (χ0n) is 21.0. The predicted octanol–water partition coefficient (Wildman–Crippen LogP) is 5.25. The van der Waals surface area contributed by atoms with Gasteiger partial charge in [-0.3, -0.25) is 9.59 Å². The van der Waals surface area contributed by atoms with Crippen molar-refractivity contribution in [2.75, 3.05) is 14.2 Å². The molecular formula is C29H28FNO6. The topological polar surface area (TPSA) is 85.3 Å². The molecule has 1 fully saturated rings. The number of Topliss-reactive ketones (excluding diaryl/α,β-unsaturated/α-hetero) is 1. The van der Waals surface area contributed by atoms with E-state index in [0.29, 0.717) is 22.6 Å². The summed E-state index contributed by atoms with van der Waals surface area (Å²) < 4.78 is 30.6. The van der Waals surface area contributed by atoms with Crippen LogP contribution >= 0.6 is 0 Å². The fourth-order valence-corrected chi connectivity index (χ4v) is 4.42. The van der Waals surface area contributed by atoms with Crippen molar-refractivity contribution in [2.24, 2.45) is 0 Å². The second-order valence-corrected chi connectivity index (χ2v) is 8.82. The summed E-state index contributed by atoms with van der Waals surface area (Å²) in [6.07, 6.45) is -0.0394. The Morgan fingerprint density at radius 1 is 0.973 bits per heavy atom. The minimum Gasteiger partial charge on any atom is -0.507 e. The molecule has 3 aromatic carbocycles. The number of benzene rings is 3. The Kier molecular flexibility index (Phi) is 7.47. The zero-order valence-corrected chi connectivity index (χ0v) is 21.0. The van der Waals surface area contributed by atoms with Crippen LogP contribution in [0, 0.1) is 5.82 Å². The van der Waals surface area contributed by atoms with Gasteiger partial charge in [0.1, 0.15) is 28.8 Å². The van der Waals surface area contributed by atoms with Gasteiger partial charge in [0.2, 0.25) is 0 Å². The van der Waals surface area contributed by atoms with E-state index in [4.69, 9.17) is 14.2 Å². The number of methoxy groups -OCH3 is 2. The van der Waals surface area contributed by atoms with Gasteiger partial charge in [0, 0.05) is 5.56 Å². The number of carbonyl (C=O) groups excluding carboxylic acids is 2. The van der Waals surface area contributed by atoms with E-state index < -0.39 is 29.3 Å². The van der Waals surface area contributed by atoms with Crippen LogP contribution in [-0.4, -0.2) is 42.0 Å². The zero-order chi connectivity index (χ0) is 26.7. The summed E-state index contributed by atoms with van der Waals surface area (Å²) in [6.45, 7) is 3.85. The molecule has 8 heteroatoms. The van der Waals surface area contributed by atoms with Crippen LogP contribution in [0.25, 0.3) is 5.76 Å². The van der Waals surface area contributed by atoms with Crippen LogP contribution in [0.15, 0.2) is 72.3 Å². The van der Waals surface area contributed by atoms with Crippen LogP contribution < -0.4 is 14.2 Å². The molecule has 4 rings (SSSR count). The highest BCUT2D eigenvalue weighted by atomic mass is 19.1. The number of aliphatic hydroxyl groups is 1. The molecule has 0 aliphatic carbocycles. The van der Waals surface area contributed by atoms with Gasteiger partial charge in [-0.25, -0.2) is 4.39 Å². The van der Waals surface area contributed by atoms with Gasteiger partial charge < -0.3 is 24.2 Å². The van der Waals surface area contributed by atoms with Gasteiger partial charge in [-0.2, -0.15) is 0 Å². The van der Waals surface area contributed by atoms with Crippen LogP contribution in [0.4, 0.5) is 4.39 Å². The minimum absolute atomic E-state index is 0.0254. The number of nitrogens with zero attached hydrogens (tertiary/aromatic N) is 1. The molecule has 1 heterocycles. The number of likely N-dealkylation sites (tertiary alicyclic amines) is 1. The third-order valence-electron chi connectivity index (χ3n) is 6.06. The maximum atomic E-state index is 14.1. The number of ether oxygens (including phenoxy) is 3. The van der Waals surface area contributed by atoms with Gasteiger partial charge in [-0.1, -0.05) is 30.3 Å². The Bertz CT molecular complexity index is 1350. The van der Waals surface area contributed by atoms with E-state index in [9.17, 15) is 19.1 Å². The highest BCUT2D eigenvalue weighted by Gasteiger charge is 2.46. The maximum Gasteiger partial charge on any atom is 0.295 e. The number of carbonyl (C=O) groups is 2. The molecule has 37 heavy (non-hydrogen) atoms. The van der Waals surface area contributed by atoms with Gasteiger partial charge in [0.15, 0.2) is 0 Å².